The highest BCUT2D eigenvalue weighted by atomic mass is 16.5. The van der Waals surface area contributed by atoms with Crippen LogP contribution < -0.4 is 10.1 Å². The van der Waals surface area contributed by atoms with E-state index in [0.717, 1.165) is 38.2 Å². The molecule has 1 saturated heterocycles. The summed E-state index contributed by atoms with van der Waals surface area (Å²) in [4.78, 5) is 15.1. The summed E-state index contributed by atoms with van der Waals surface area (Å²) in [6.45, 7) is 11.0. The quantitative estimate of drug-likeness (QED) is 0.846. The van der Waals surface area contributed by atoms with Crippen LogP contribution in [0.1, 0.15) is 45.6 Å². The van der Waals surface area contributed by atoms with Gasteiger partial charge in [0.05, 0.1) is 7.11 Å². The molecular formula is C22H34N2O2. The number of nitrogens with one attached hydrogen (secondary N) is 1. The lowest BCUT2D eigenvalue weighted by Gasteiger charge is -2.36. The average molecular weight is 359 g/mol. The molecule has 1 aromatic rings. The first-order valence-electron chi connectivity index (χ1n) is 9.94. The van der Waals surface area contributed by atoms with Crippen LogP contribution in [0.5, 0.6) is 5.75 Å². The molecule has 1 heterocycles. The minimum absolute atomic E-state index is 0.240. The number of ether oxygens (including phenoxy) is 1. The van der Waals surface area contributed by atoms with Crippen LogP contribution in [0, 0.1) is 16.7 Å². The Morgan fingerprint density at radius 2 is 2.04 bits per heavy atom. The van der Waals surface area contributed by atoms with E-state index in [9.17, 15) is 4.79 Å². The largest absolute Gasteiger partial charge is 0.497 e. The second-order valence-corrected chi connectivity index (χ2v) is 9.35. The zero-order chi connectivity index (χ0) is 18.8. The third-order valence-corrected chi connectivity index (χ3v) is 5.90. The average Bonchev–Trinajstić information content (AvgIpc) is 3.30. The minimum Gasteiger partial charge on any atom is -0.497 e. The van der Waals surface area contributed by atoms with Crippen molar-refractivity contribution in [3.05, 3.63) is 29.8 Å². The van der Waals surface area contributed by atoms with E-state index in [0.29, 0.717) is 17.4 Å². The van der Waals surface area contributed by atoms with Crippen molar-refractivity contribution in [2.75, 3.05) is 33.3 Å². The SMILES string of the molecule is COc1cccc(CCNC(=O)C2CC23CCN(CC(C)(C)C)CC3)c1. The molecule has 1 amide bonds. The highest BCUT2D eigenvalue weighted by Gasteiger charge is 2.58. The molecule has 1 aliphatic heterocycles. The predicted molar refractivity (Wildman–Crippen MR) is 105 cm³/mol. The van der Waals surface area contributed by atoms with Gasteiger partial charge in [-0.2, -0.15) is 0 Å². The van der Waals surface area contributed by atoms with Crippen LogP contribution in [0.4, 0.5) is 0 Å². The number of rotatable bonds is 6. The molecule has 26 heavy (non-hydrogen) atoms. The fourth-order valence-electron chi connectivity index (χ4n) is 4.38. The highest BCUT2D eigenvalue weighted by molar-refractivity contribution is 5.82. The Morgan fingerprint density at radius 3 is 2.69 bits per heavy atom. The van der Waals surface area contributed by atoms with Gasteiger partial charge in [-0.25, -0.2) is 0 Å². The first-order chi connectivity index (χ1) is 12.3. The molecule has 1 atom stereocenters. The number of carbonyl (C=O) groups is 1. The van der Waals surface area contributed by atoms with Crippen molar-refractivity contribution in [1.82, 2.24) is 10.2 Å². The van der Waals surface area contributed by atoms with Gasteiger partial charge in [-0.1, -0.05) is 32.9 Å². The molecule has 1 spiro atoms. The van der Waals surface area contributed by atoms with Crippen molar-refractivity contribution >= 4 is 5.91 Å². The van der Waals surface area contributed by atoms with Gasteiger partial charge < -0.3 is 15.0 Å². The predicted octanol–water partition coefficient (Wildman–Crippen LogP) is 3.50. The van der Waals surface area contributed by atoms with Gasteiger partial charge in [-0.15, -0.1) is 0 Å². The summed E-state index contributed by atoms with van der Waals surface area (Å²) in [6.07, 6.45) is 4.29. The van der Waals surface area contributed by atoms with Gasteiger partial charge in [0, 0.05) is 19.0 Å². The summed E-state index contributed by atoms with van der Waals surface area (Å²) >= 11 is 0. The van der Waals surface area contributed by atoms with Crippen molar-refractivity contribution in [2.24, 2.45) is 16.7 Å². The summed E-state index contributed by atoms with van der Waals surface area (Å²) in [5, 5.41) is 3.16. The Morgan fingerprint density at radius 1 is 1.31 bits per heavy atom. The van der Waals surface area contributed by atoms with Gasteiger partial charge in [-0.05, 0) is 67.3 Å². The molecule has 0 bridgehead atoms. The van der Waals surface area contributed by atoms with E-state index in [4.69, 9.17) is 4.74 Å². The highest BCUT2D eigenvalue weighted by Crippen LogP contribution is 2.59. The second-order valence-electron chi connectivity index (χ2n) is 9.35. The third kappa shape index (κ3) is 4.79. The Bertz CT molecular complexity index is 627. The molecule has 4 heteroatoms. The van der Waals surface area contributed by atoms with E-state index in [1.807, 2.05) is 18.2 Å². The van der Waals surface area contributed by atoms with Gasteiger partial charge in [0.15, 0.2) is 0 Å². The zero-order valence-electron chi connectivity index (χ0n) is 16.8. The molecule has 144 valence electrons. The summed E-state index contributed by atoms with van der Waals surface area (Å²) in [5.74, 6) is 1.37. The van der Waals surface area contributed by atoms with Crippen LogP contribution in [-0.2, 0) is 11.2 Å². The summed E-state index contributed by atoms with van der Waals surface area (Å²) in [5.41, 5.74) is 1.85. The molecule has 2 fully saturated rings. The normalized spacial score (nSPS) is 22.2. The maximum Gasteiger partial charge on any atom is 0.223 e. The first kappa shape index (κ1) is 19.2. The number of methoxy groups -OCH3 is 1. The number of hydrogen-bond acceptors (Lipinski definition) is 3. The van der Waals surface area contributed by atoms with Crippen LogP contribution in [-0.4, -0.2) is 44.1 Å². The van der Waals surface area contributed by atoms with E-state index in [2.05, 4.69) is 37.1 Å². The molecule has 3 rings (SSSR count). The van der Waals surface area contributed by atoms with Crippen molar-refractivity contribution in [2.45, 2.75) is 46.5 Å². The van der Waals surface area contributed by atoms with Crippen molar-refractivity contribution in [1.29, 1.82) is 0 Å². The Kier molecular flexibility index (Phi) is 5.61. The zero-order valence-corrected chi connectivity index (χ0v) is 16.8. The minimum atomic E-state index is 0.240. The van der Waals surface area contributed by atoms with Gasteiger partial charge in [0.1, 0.15) is 5.75 Å². The topological polar surface area (TPSA) is 41.6 Å². The Labute approximate surface area is 158 Å². The van der Waals surface area contributed by atoms with Crippen molar-refractivity contribution in [3.8, 4) is 5.75 Å². The second kappa shape index (κ2) is 7.59. The molecule has 1 saturated carbocycles. The Hall–Kier alpha value is -1.55. The fourth-order valence-corrected chi connectivity index (χ4v) is 4.38. The van der Waals surface area contributed by atoms with E-state index >= 15 is 0 Å². The van der Waals surface area contributed by atoms with Crippen LogP contribution >= 0.6 is 0 Å². The molecule has 1 aliphatic carbocycles. The van der Waals surface area contributed by atoms with E-state index in [1.165, 1.54) is 18.4 Å². The van der Waals surface area contributed by atoms with Gasteiger partial charge in [0.2, 0.25) is 5.91 Å². The third-order valence-electron chi connectivity index (χ3n) is 5.90. The first-order valence-corrected chi connectivity index (χ1v) is 9.94. The van der Waals surface area contributed by atoms with Crippen LogP contribution in [0.2, 0.25) is 0 Å². The summed E-state index contributed by atoms with van der Waals surface area (Å²) in [7, 11) is 1.68. The fraction of sp³-hybridized carbons (Fsp3) is 0.682. The lowest BCUT2D eigenvalue weighted by molar-refractivity contribution is -0.123. The van der Waals surface area contributed by atoms with Gasteiger partial charge >= 0.3 is 0 Å². The molecule has 0 aromatic heterocycles. The van der Waals surface area contributed by atoms with Gasteiger partial charge in [-0.3, -0.25) is 4.79 Å². The van der Waals surface area contributed by atoms with Gasteiger partial charge in [0.25, 0.3) is 0 Å². The Balaban J connectivity index is 1.40. The van der Waals surface area contributed by atoms with Crippen LogP contribution in [0.15, 0.2) is 24.3 Å². The van der Waals surface area contributed by atoms with E-state index < -0.39 is 0 Å². The van der Waals surface area contributed by atoms with Crippen molar-refractivity contribution < 1.29 is 9.53 Å². The number of amides is 1. The van der Waals surface area contributed by atoms with Crippen LogP contribution in [0.3, 0.4) is 0 Å². The summed E-state index contributed by atoms with van der Waals surface area (Å²) in [6, 6.07) is 8.06. The maximum absolute atomic E-state index is 12.6. The monoisotopic (exact) mass is 358 g/mol. The molecule has 2 aliphatic rings. The lowest BCUT2D eigenvalue weighted by atomic mass is 9.88. The van der Waals surface area contributed by atoms with E-state index in [1.54, 1.807) is 7.11 Å². The molecule has 4 nitrogen and oxygen atoms in total. The van der Waals surface area contributed by atoms with Crippen LogP contribution in [0.25, 0.3) is 0 Å². The summed E-state index contributed by atoms with van der Waals surface area (Å²) < 4.78 is 5.25. The molecule has 0 radical (unpaired) electrons. The standard InChI is InChI=1S/C22H34N2O2/c1-21(2,3)16-24-12-9-22(10-13-24)15-19(22)20(25)23-11-8-17-6-5-7-18(14-17)26-4/h5-7,14,19H,8-13,15-16H2,1-4H3,(H,23,25). The number of carbonyl (C=O) groups excluding carboxylic acids is 1. The number of nitrogens with zero attached hydrogens (tertiary/aromatic N) is 1. The number of benzene rings is 1. The smallest absolute Gasteiger partial charge is 0.223 e. The number of hydrogen-bond donors (Lipinski definition) is 1. The molecule has 1 unspecified atom stereocenters. The van der Waals surface area contributed by atoms with Crippen molar-refractivity contribution in [3.63, 3.8) is 0 Å². The number of piperidine rings is 1. The molecule has 1 N–H and O–H groups in total. The molecular weight excluding hydrogens is 324 g/mol. The van der Waals surface area contributed by atoms with E-state index in [-0.39, 0.29) is 11.8 Å². The number of likely N-dealkylation sites (tertiary alicyclic amines) is 1. The molecule has 1 aromatic carbocycles. The lowest BCUT2D eigenvalue weighted by Crippen LogP contribution is -2.41. The maximum atomic E-state index is 12.6.